The molecule has 0 aliphatic carbocycles. The van der Waals surface area contributed by atoms with Crippen molar-refractivity contribution >= 4 is 15.9 Å². The first-order valence-electron chi connectivity index (χ1n) is 6.59. The number of hydrogen-bond acceptors (Lipinski definition) is 3. The van der Waals surface area contributed by atoms with Gasteiger partial charge in [0, 0.05) is 19.2 Å². The van der Waals surface area contributed by atoms with Crippen LogP contribution in [0.4, 0.5) is 0 Å². The van der Waals surface area contributed by atoms with E-state index in [1.54, 1.807) is 0 Å². The van der Waals surface area contributed by atoms with Gasteiger partial charge in [0.25, 0.3) is 0 Å². The second-order valence-electron chi connectivity index (χ2n) is 4.68. The lowest BCUT2D eigenvalue weighted by molar-refractivity contribution is 0.112. The van der Waals surface area contributed by atoms with Crippen molar-refractivity contribution in [1.29, 1.82) is 0 Å². The number of rotatable bonds is 8. The Labute approximate surface area is 118 Å². The number of nitrogens with one attached hydrogen (secondary N) is 1. The van der Waals surface area contributed by atoms with Crippen LogP contribution in [0.15, 0.2) is 4.47 Å². The molecule has 0 bridgehead atoms. The van der Waals surface area contributed by atoms with Gasteiger partial charge in [-0.3, -0.25) is 4.68 Å². The van der Waals surface area contributed by atoms with Gasteiger partial charge < -0.3 is 10.1 Å². The molecule has 1 N–H and O–H groups in total. The summed E-state index contributed by atoms with van der Waals surface area (Å²) in [4.78, 5) is 0. The topological polar surface area (TPSA) is 39.1 Å². The van der Waals surface area contributed by atoms with Gasteiger partial charge in [0.1, 0.15) is 0 Å². The van der Waals surface area contributed by atoms with E-state index in [9.17, 15) is 0 Å². The lowest BCUT2D eigenvalue weighted by Crippen LogP contribution is -2.24. The second-order valence-corrected chi connectivity index (χ2v) is 5.47. The van der Waals surface area contributed by atoms with Crippen LogP contribution in [0.5, 0.6) is 0 Å². The molecule has 0 aromatic carbocycles. The zero-order valence-electron chi connectivity index (χ0n) is 11.8. The summed E-state index contributed by atoms with van der Waals surface area (Å²) in [5.41, 5.74) is 2.16. The number of halogens is 1. The van der Waals surface area contributed by atoms with Crippen molar-refractivity contribution < 1.29 is 4.74 Å². The Hall–Kier alpha value is -0.390. The highest BCUT2D eigenvalue weighted by atomic mass is 79.9. The van der Waals surface area contributed by atoms with Crippen LogP contribution in [0.25, 0.3) is 0 Å². The zero-order valence-corrected chi connectivity index (χ0v) is 13.4. The summed E-state index contributed by atoms with van der Waals surface area (Å²) < 4.78 is 8.77. The van der Waals surface area contributed by atoms with Crippen LogP contribution in [-0.4, -0.2) is 29.0 Å². The van der Waals surface area contributed by atoms with Gasteiger partial charge >= 0.3 is 0 Å². The third-order valence-electron chi connectivity index (χ3n) is 2.71. The van der Waals surface area contributed by atoms with Gasteiger partial charge in [0.05, 0.1) is 22.5 Å². The molecule has 0 spiro atoms. The van der Waals surface area contributed by atoms with Crippen molar-refractivity contribution in [1.82, 2.24) is 15.1 Å². The molecule has 4 nitrogen and oxygen atoms in total. The van der Waals surface area contributed by atoms with Gasteiger partial charge in [-0.2, -0.15) is 5.10 Å². The first kappa shape index (κ1) is 15.7. The van der Waals surface area contributed by atoms with E-state index in [1.807, 2.05) is 11.6 Å². The molecule has 104 valence electrons. The standard InChI is InChI=1S/C13H24BrN3O/c1-5-17-12(13(14)11(4)16-17)9-18-8-6-7-15-10(2)3/h10,15H,5-9H2,1-4H3. The largest absolute Gasteiger partial charge is 0.375 e. The Kier molecular flexibility index (Phi) is 6.89. The van der Waals surface area contributed by atoms with E-state index in [0.29, 0.717) is 12.6 Å². The maximum absolute atomic E-state index is 5.71. The highest BCUT2D eigenvalue weighted by Gasteiger charge is 2.11. The Bertz CT molecular complexity index is 363. The van der Waals surface area contributed by atoms with Crippen molar-refractivity contribution in [3.8, 4) is 0 Å². The van der Waals surface area contributed by atoms with Crippen LogP contribution in [-0.2, 0) is 17.9 Å². The monoisotopic (exact) mass is 317 g/mol. The number of aryl methyl sites for hydroxylation is 2. The summed E-state index contributed by atoms with van der Waals surface area (Å²) in [6.45, 7) is 11.7. The lowest BCUT2D eigenvalue weighted by atomic mass is 10.3. The Balaban J connectivity index is 2.31. The molecule has 0 amide bonds. The minimum absolute atomic E-state index is 0.545. The van der Waals surface area contributed by atoms with Crippen molar-refractivity contribution in [3.05, 3.63) is 15.9 Å². The predicted octanol–water partition coefficient (Wildman–Crippen LogP) is 2.88. The molecule has 0 aliphatic rings. The lowest BCUT2D eigenvalue weighted by Gasteiger charge is -2.09. The smallest absolute Gasteiger partial charge is 0.0896 e. The maximum atomic E-state index is 5.71. The minimum Gasteiger partial charge on any atom is -0.375 e. The third kappa shape index (κ3) is 4.71. The van der Waals surface area contributed by atoms with Crippen molar-refractivity contribution in [2.75, 3.05) is 13.2 Å². The molecule has 0 saturated heterocycles. The third-order valence-corrected chi connectivity index (χ3v) is 3.74. The maximum Gasteiger partial charge on any atom is 0.0896 e. The van der Waals surface area contributed by atoms with Crippen LogP contribution in [0.2, 0.25) is 0 Å². The van der Waals surface area contributed by atoms with Crippen molar-refractivity contribution in [2.45, 2.75) is 53.3 Å². The average Bonchev–Trinajstić information content (AvgIpc) is 2.60. The number of ether oxygens (including phenoxy) is 1. The number of aromatic nitrogens is 2. The van der Waals surface area contributed by atoms with Gasteiger partial charge in [-0.25, -0.2) is 0 Å². The zero-order chi connectivity index (χ0) is 13.5. The van der Waals surface area contributed by atoms with Crippen LogP contribution < -0.4 is 5.32 Å². The van der Waals surface area contributed by atoms with Crippen LogP contribution in [0.3, 0.4) is 0 Å². The number of nitrogens with zero attached hydrogens (tertiary/aromatic N) is 2. The second kappa shape index (κ2) is 7.92. The molecule has 0 fully saturated rings. The van der Waals surface area contributed by atoms with Crippen LogP contribution >= 0.6 is 15.9 Å². The first-order chi connectivity index (χ1) is 8.56. The molecular weight excluding hydrogens is 294 g/mol. The predicted molar refractivity (Wildman–Crippen MR) is 77.7 cm³/mol. The van der Waals surface area contributed by atoms with Gasteiger partial charge in [0.15, 0.2) is 0 Å². The average molecular weight is 318 g/mol. The molecular formula is C13H24BrN3O. The molecule has 0 unspecified atom stereocenters. The molecule has 1 aromatic heterocycles. The molecule has 0 saturated carbocycles. The van der Waals surface area contributed by atoms with Crippen LogP contribution in [0, 0.1) is 6.92 Å². The SMILES string of the molecule is CCn1nc(C)c(Br)c1COCCCNC(C)C. The Morgan fingerprint density at radius 1 is 1.44 bits per heavy atom. The first-order valence-corrected chi connectivity index (χ1v) is 7.38. The molecule has 0 aliphatic heterocycles. The molecule has 0 atom stereocenters. The Morgan fingerprint density at radius 3 is 2.78 bits per heavy atom. The fourth-order valence-corrected chi connectivity index (χ4v) is 2.14. The van der Waals surface area contributed by atoms with Crippen molar-refractivity contribution in [3.63, 3.8) is 0 Å². The van der Waals surface area contributed by atoms with Gasteiger partial charge in [-0.05, 0) is 42.7 Å². The highest BCUT2D eigenvalue weighted by Crippen LogP contribution is 2.21. The molecule has 1 heterocycles. The molecule has 18 heavy (non-hydrogen) atoms. The quantitative estimate of drug-likeness (QED) is 0.749. The van der Waals surface area contributed by atoms with Gasteiger partial charge in [0.2, 0.25) is 0 Å². The van der Waals surface area contributed by atoms with E-state index in [-0.39, 0.29) is 0 Å². The Morgan fingerprint density at radius 2 is 2.17 bits per heavy atom. The molecule has 1 aromatic rings. The van der Waals surface area contributed by atoms with E-state index in [0.717, 1.165) is 42.0 Å². The summed E-state index contributed by atoms with van der Waals surface area (Å²) in [7, 11) is 0. The fourth-order valence-electron chi connectivity index (χ4n) is 1.74. The van der Waals surface area contributed by atoms with Gasteiger partial charge in [-0.15, -0.1) is 0 Å². The van der Waals surface area contributed by atoms with Crippen molar-refractivity contribution in [2.24, 2.45) is 0 Å². The highest BCUT2D eigenvalue weighted by molar-refractivity contribution is 9.10. The van der Waals surface area contributed by atoms with E-state index in [4.69, 9.17) is 4.74 Å². The summed E-state index contributed by atoms with van der Waals surface area (Å²) in [5, 5.41) is 7.82. The van der Waals surface area contributed by atoms with E-state index < -0.39 is 0 Å². The summed E-state index contributed by atoms with van der Waals surface area (Å²) in [6, 6.07) is 0.545. The van der Waals surface area contributed by atoms with Crippen LogP contribution in [0.1, 0.15) is 38.6 Å². The summed E-state index contributed by atoms with van der Waals surface area (Å²) >= 11 is 3.57. The van der Waals surface area contributed by atoms with Gasteiger partial charge in [-0.1, -0.05) is 13.8 Å². The minimum atomic E-state index is 0.545. The summed E-state index contributed by atoms with van der Waals surface area (Å²) in [6.07, 6.45) is 1.04. The van der Waals surface area contributed by atoms with E-state index >= 15 is 0 Å². The summed E-state index contributed by atoms with van der Waals surface area (Å²) in [5.74, 6) is 0. The fraction of sp³-hybridized carbons (Fsp3) is 0.769. The molecule has 5 heteroatoms. The normalized spacial score (nSPS) is 11.4. The van der Waals surface area contributed by atoms with E-state index in [2.05, 4.69) is 47.1 Å². The molecule has 0 radical (unpaired) electrons. The van der Waals surface area contributed by atoms with E-state index in [1.165, 1.54) is 0 Å². The number of hydrogen-bond donors (Lipinski definition) is 1. The molecule has 1 rings (SSSR count).